The molecule has 6 heteroatoms. The number of sulfone groups is 1. The Balaban J connectivity index is 1.44. The van der Waals surface area contributed by atoms with Crippen LogP contribution in [-0.4, -0.2) is 31.7 Å². The van der Waals surface area contributed by atoms with Gasteiger partial charge in [0.15, 0.2) is 15.0 Å². The van der Waals surface area contributed by atoms with Gasteiger partial charge in [-0.25, -0.2) is 13.4 Å². The van der Waals surface area contributed by atoms with E-state index >= 15 is 0 Å². The largest absolute Gasteiger partial charge is 0.348 e. The Labute approximate surface area is 196 Å². The van der Waals surface area contributed by atoms with E-state index in [0.29, 0.717) is 30.8 Å². The molecule has 0 bridgehead atoms. The van der Waals surface area contributed by atoms with Crippen LogP contribution in [0.15, 0.2) is 52.7 Å². The summed E-state index contributed by atoms with van der Waals surface area (Å²) in [6.45, 7) is 12.1. The van der Waals surface area contributed by atoms with Crippen molar-refractivity contribution in [2.24, 2.45) is 0 Å². The van der Waals surface area contributed by atoms with Crippen molar-refractivity contribution in [1.82, 2.24) is 4.98 Å². The van der Waals surface area contributed by atoms with Gasteiger partial charge >= 0.3 is 0 Å². The van der Waals surface area contributed by atoms with Crippen molar-refractivity contribution in [3.8, 4) is 11.3 Å². The average molecular weight is 469 g/mol. The number of anilines is 1. The van der Waals surface area contributed by atoms with Crippen molar-refractivity contribution in [3.05, 3.63) is 64.5 Å². The van der Waals surface area contributed by atoms with Crippen LogP contribution in [0, 0.1) is 13.8 Å². The minimum Gasteiger partial charge on any atom is -0.348 e. The molecule has 0 N–H and O–H groups in total. The number of rotatable bonds is 4. The maximum atomic E-state index is 13.2. The summed E-state index contributed by atoms with van der Waals surface area (Å²) in [5.74, 6) is 0. The maximum absolute atomic E-state index is 13.2. The van der Waals surface area contributed by atoms with Gasteiger partial charge in [-0.15, -0.1) is 11.3 Å². The van der Waals surface area contributed by atoms with Crippen molar-refractivity contribution in [2.45, 2.75) is 63.0 Å². The van der Waals surface area contributed by atoms with Crippen molar-refractivity contribution < 1.29 is 8.42 Å². The van der Waals surface area contributed by atoms with Crippen molar-refractivity contribution in [2.75, 3.05) is 18.0 Å². The lowest BCUT2D eigenvalue weighted by Crippen LogP contribution is -2.39. The number of thiazole rings is 1. The maximum Gasteiger partial charge on any atom is 0.185 e. The van der Waals surface area contributed by atoms with Crippen molar-refractivity contribution in [1.29, 1.82) is 0 Å². The van der Waals surface area contributed by atoms with Gasteiger partial charge in [0.2, 0.25) is 0 Å². The van der Waals surface area contributed by atoms with E-state index in [1.165, 1.54) is 11.1 Å². The molecular weight excluding hydrogens is 436 g/mol. The minimum atomic E-state index is -3.32. The molecule has 1 aromatic heterocycles. The predicted octanol–water partition coefficient (Wildman–Crippen LogP) is 6.17. The van der Waals surface area contributed by atoms with Gasteiger partial charge in [-0.3, -0.25) is 0 Å². The monoisotopic (exact) mass is 468 g/mol. The highest BCUT2D eigenvalue weighted by atomic mass is 32.2. The van der Waals surface area contributed by atoms with Crippen LogP contribution >= 0.6 is 11.3 Å². The van der Waals surface area contributed by atoms with Crippen LogP contribution in [-0.2, 0) is 15.3 Å². The smallest absolute Gasteiger partial charge is 0.185 e. The lowest BCUT2D eigenvalue weighted by Gasteiger charge is -2.31. The van der Waals surface area contributed by atoms with Gasteiger partial charge in [0, 0.05) is 24.0 Å². The van der Waals surface area contributed by atoms with Crippen LogP contribution < -0.4 is 4.90 Å². The Morgan fingerprint density at radius 2 is 1.62 bits per heavy atom. The van der Waals surface area contributed by atoms with Gasteiger partial charge in [-0.2, -0.15) is 0 Å². The SMILES string of the molecule is Cc1ccc(-c2csc(N3CCC(S(=O)(=O)c4ccc(C(C)(C)C)cc4)CC3)n2)cc1C. The fourth-order valence-electron chi connectivity index (χ4n) is 4.14. The van der Waals surface area contributed by atoms with Gasteiger partial charge in [0.05, 0.1) is 15.8 Å². The molecule has 0 atom stereocenters. The second-order valence-corrected chi connectivity index (χ2v) is 12.9. The zero-order valence-corrected chi connectivity index (χ0v) is 21.2. The first-order valence-electron chi connectivity index (χ1n) is 11.2. The molecule has 1 aliphatic rings. The van der Waals surface area contributed by atoms with E-state index in [1.54, 1.807) is 23.5 Å². The van der Waals surface area contributed by atoms with E-state index in [1.807, 2.05) is 12.1 Å². The number of piperidine rings is 1. The molecule has 170 valence electrons. The van der Waals surface area contributed by atoms with E-state index < -0.39 is 9.84 Å². The molecule has 0 amide bonds. The van der Waals surface area contributed by atoms with Crippen LogP contribution in [0.5, 0.6) is 0 Å². The summed E-state index contributed by atoms with van der Waals surface area (Å²) < 4.78 is 26.4. The third kappa shape index (κ3) is 4.62. The summed E-state index contributed by atoms with van der Waals surface area (Å²) in [6.07, 6.45) is 1.25. The van der Waals surface area contributed by atoms with Crippen LogP contribution in [0.4, 0.5) is 5.13 Å². The lowest BCUT2D eigenvalue weighted by molar-refractivity contribution is 0.529. The third-order valence-electron chi connectivity index (χ3n) is 6.49. The van der Waals surface area contributed by atoms with E-state index in [2.05, 4.69) is 63.1 Å². The third-order valence-corrected chi connectivity index (χ3v) is 9.67. The molecule has 0 aliphatic carbocycles. The van der Waals surface area contributed by atoms with E-state index in [0.717, 1.165) is 22.0 Å². The standard InChI is InChI=1S/C26H32N2O2S2/c1-18-6-7-20(16-19(18)2)24-17-31-25(27-24)28-14-12-23(13-15-28)32(29,30)22-10-8-21(9-11-22)26(3,4)5/h6-11,16-17,23H,12-15H2,1-5H3. The first kappa shape index (κ1) is 23.0. The van der Waals surface area contributed by atoms with E-state index in [4.69, 9.17) is 4.98 Å². The van der Waals surface area contributed by atoms with Gasteiger partial charge < -0.3 is 4.90 Å². The number of hydrogen-bond acceptors (Lipinski definition) is 5. The van der Waals surface area contributed by atoms with E-state index in [9.17, 15) is 8.42 Å². The summed E-state index contributed by atoms with van der Waals surface area (Å²) in [5, 5.41) is 2.74. The Bertz CT molecular complexity index is 1200. The summed E-state index contributed by atoms with van der Waals surface area (Å²) >= 11 is 1.64. The molecule has 0 saturated carbocycles. The number of nitrogens with zero attached hydrogens (tertiary/aromatic N) is 2. The quantitative estimate of drug-likeness (QED) is 0.460. The molecule has 1 aliphatic heterocycles. The summed E-state index contributed by atoms with van der Waals surface area (Å²) in [6, 6.07) is 13.9. The first-order chi connectivity index (χ1) is 15.1. The fourth-order valence-corrected chi connectivity index (χ4v) is 6.76. The Kier molecular flexibility index (Phi) is 6.21. The predicted molar refractivity (Wildman–Crippen MR) is 135 cm³/mol. The van der Waals surface area contributed by atoms with Gasteiger partial charge in [-0.1, -0.05) is 45.0 Å². The molecule has 0 spiro atoms. The zero-order chi connectivity index (χ0) is 23.1. The van der Waals surface area contributed by atoms with E-state index in [-0.39, 0.29) is 10.7 Å². The second-order valence-electron chi connectivity index (χ2n) is 9.82. The highest BCUT2D eigenvalue weighted by molar-refractivity contribution is 7.92. The Hall–Kier alpha value is -2.18. The van der Waals surface area contributed by atoms with Crippen LogP contribution in [0.25, 0.3) is 11.3 Å². The molecule has 4 nitrogen and oxygen atoms in total. The van der Waals surface area contributed by atoms with Crippen LogP contribution in [0.1, 0.15) is 50.3 Å². The molecule has 3 aromatic rings. The second kappa shape index (κ2) is 8.64. The molecule has 1 fully saturated rings. The number of hydrogen-bond donors (Lipinski definition) is 0. The fraction of sp³-hybridized carbons (Fsp3) is 0.423. The van der Waals surface area contributed by atoms with Crippen molar-refractivity contribution in [3.63, 3.8) is 0 Å². The zero-order valence-electron chi connectivity index (χ0n) is 19.6. The number of benzene rings is 2. The molecular formula is C26H32N2O2S2. The first-order valence-corrected chi connectivity index (χ1v) is 13.6. The molecule has 2 aromatic carbocycles. The highest BCUT2D eigenvalue weighted by Crippen LogP contribution is 2.33. The minimum absolute atomic E-state index is 0.0114. The summed E-state index contributed by atoms with van der Waals surface area (Å²) in [7, 11) is -3.32. The molecule has 32 heavy (non-hydrogen) atoms. The van der Waals surface area contributed by atoms with Crippen molar-refractivity contribution >= 4 is 26.3 Å². The normalized spacial score (nSPS) is 15.8. The molecule has 1 saturated heterocycles. The Morgan fingerprint density at radius 3 is 2.22 bits per heavy atom. The molecule has 2 heterocycles. The summed E-state index contributed by atoms with van der Waals surface area (Å²) in [4.78, 5) is 7.51. The number of aromatic nitrogens is 1. The topological polar surface area (TPSA) is 50.3 Å². The van der Waals surface area contributed by atoms with Gasteiger partial charge in [0.25, 0.3) is 0 Å². The van der Waals surface area contributed by atoms with Gasteiger partial charge in [-0.05, 0) is 67.0 Å². The Morgan fingerprint density at radius 1 is 0.969 bits per heavy atom. The molecule has 4 rings (SSSR count). The number of aryl methyl sites for hydroxylation is 2. The highest BCUT2D eigenvalue weighted by Gasteiger charge is 2.32. The molecule has 0 unspecified atom stereocenters. The molecule has 0 radical (unpaired) electrons. The van der Waals surface area contributed by atoms with Crippen LogP contribution in [0.2, 0.25) is 0 Å². The van der Waals surface area contributed by atoms with Crippen LogP contribution in [0.3, 0.4) is 0 Å². The lowest BCUT2D eigenvalue weighted by atomic mass is 9.87. The van der Waals surface area contributed by atoms with Gasteiger partial charge in [0.1, 0.15) is 0 Å². The summed E-state index contributed by atoms with van der Waals surface area (Å²) in [5.41, 5.74) is 5.82. The average Bonchev–Trinajstić information content (AvgIpc) is 3.25.